The van der Waals surface area contributed by atoms with Crippen LogP contribution >= 0.6 is 0 Å². The Morgan fingerprint density at radius 1 is 1.56 bits per heavy atom. The zero-order valence-electron chi connectivity index (χ0n) is 5.39. The summed E-state index contributed by atoms with van der Waals surface area (Å²) in [4.78, 5) is 0. The maximum absolute atomic E-state index is 5.81. The molecule has 0 aromatic rings. The minimum absolute atomic E-state index is 0.277. The molecule has 9 heavy (non-hydrogen) atoms. The summed E-state index contributed by atoms with van der Waals surface area (Å²) < 4.78 is 5.25. The predicted octanol–water partition coefficient (Wildman–Crippen LogP) is -1.07. The van der Waals surface area contributed by atoms with Crippen molar-refractivity contribution in [3.8, 4) is 0 Å². The van der Waals surface area contributed by atoms with Crippen LogP contribution in [0, 0.1) is 5.41 Å². The summed E-state index contributed by atoms with van der Waals surface area (Å²) >= 11 is 0. The van der Waals surface area contributed by atoms with Crippen molar-refractivity contribution >= 4 is 0 Å². The van der Waals surface area contributed by atoms with E-state index < -0.39 is 0 Å². The average molecular weight is 128 g/mol. The van der Waals surface area contributed by atoms with Gasteiger partial charge >= 0.3 is 0 Å². The minimum atomic E-state index is 0.277. The van der Waals surface area contributed by atoms with Crippen LogP contribution in [-0.2, 0) is 4.74 Å². The molecule has 3 nitrogen and oxygen atoms in total. The molecule has 0 amide bonds. The SMILES string of the molecule is N[C@H]1COCC12CNC2. The van der Waals surface area contributed by atoms with Gasteiger partial charge in [-0.2, -0.15) is 0 Å². The topological polar surface area (TPSA) is 47.3 Å². The summed E-state index contributed by atoms with van der Waals surface area (Å²) in [6.45, 7) is 3.71. The highest BCUT2D eigenvalue weighted by Crippen LogP contribution is 2.30. The van der Waals surface area contributed by atoms with Crippen molar-refractivity contribution in [2.24, 2.45) is 11.1 Å². The third-order valence-electron chi connectivity index (χ3n) is 2.43. The second-order valence-electron chi connectivity index (χ2n) is 3.09. The molecule has 0 aromatic heterocycles. The Bertz CT molecular complexity index is 122. The van der Waals surface area contributed by atoms with Crippen molar-refractivity contribution < 1.29 is 4.74 Å². The average Bonchev–Trinajstić information content (AvgIpc) is 2.07. The summed E-state index contributed by atoms with van der Waals surface area (Å²) in [5, 5.41) is 3.21. The fourth-order valence-electron chi connectivity index (χ4n) is 1.48. The van der Waals surface area contributed by atoms with Gasteiger partial charge in [-0.3, -0.25) is 0 Å². The number of nitrogens with two attached hydrogens (primary N) is 1. The standard InChI is InChI=1S/C6H12N2O/c7-5-1-9-4-6(5)2-8-3-6/h5,8H,1-4,7H2/t5-/m0/s1. The van der Waals surface area contributed by atoms with Gasteiger partial charge in [-0.05, 0) is 0 Å². The van der Waals surface area contributed by atoms with E-state index in [0.29, 0.717) is 5.41 Å². The van der Waals surface area contributed by atoms with Gasteiger partial charge in [-0.15, -0.1) is 0 Å². The predicted molar refractivity (Wildman–Crippen MR) is 34.1 cm³/mol. The molecule has 0 aliphatic carbocycles. The zero-order chi connectivity index (χ0) is 6.32. The second-order valence-corrected chi connectivity index (χ2v) is 3.09. The van der Waals surface area contributed by atoms with Gasteiger partial charge < -0.3 is 15.8 Å². The molecule has 1 spiro atoms. The summed E-state index contributed by atoms with van der Waals surface area (Å²) in [6.07, 6.45) is 0. The van der Waals surface area contributed by atoms with E-state index in [1.807, 2.05) is 0 Å². The molecule has 0 unspecified atom stereocenters. The summed E-state index contributed by atoms with van der Waals surface area (Å²) in [7, 11) is 0. The highest BCUT2D eigenvalue weighted by molar-refractivity contribution is 5.02. The number of nitrogens with one attached hydrogen (secondary N) is 1. The smallest absolute Gasteiger partial charge is 0.0625 e. The van der Waals surface area contributed by atoms with Gasteiger partial charge in [-0.25, -0.2) is 0 Å². The van der Waals surface area contributed by atoms with Gasteiger partial charge in [0, 0.05) is 24.5 Å². The Labute approximate surface area is 54.6 Å². The molecule has 52 valence electrons. The fraction of sp³-hybridized carbons (Fsp3) is 1.00. The molecule has 2 rings (SSSR count). The first kappa shape index (κ1) is 5.65. The van der Waals surface area contributed by atoms with Crippen LogP contribution in [0.5, 0.6) is 0 Å². The van der Waals surface area contributed by atoms with Crippen LogP contribution in [0.25, 0.3) is 0 Å². The Hall–Kier alpha value is -0.120. The molecule has 1 atom stereocenters. The Balaban J connectivity index is 2.09. The molecule has 2 aliphatic rings. The maximum Gasteiger partial charge on any atom is 0.0625 e. The van der Waals surface area contributed by atoms with Crippen molar-refractivity contribution in [3.05, 3.63) is 0 Å². The first-order valence-electron chi connectivity index (χ1n) is 3.38. The monoisotopic (exact) mass is 128 g/mol. The Morgan fingerprint density at radius 2 is 2.33 bits per heavy atom. The maximum atomic E-state index is 5.81. The number of hydrogen-bond donors (Lipinski definition) is 2. The van der Waals surface area contributed by atoms with E-state index in [-0.39, 0.29) is 6.04 Å². The van der Waals surface area contributed by atoms with Crippen LogP contribution in [0.1, 0.15) is 0 Å². The summed E-state index contributed by atoms with van der Waals surface area (Å²) in [5.74, 6) is 0. The third-order valence-corrected chi connectivity index (χ3v) is 2.43. The van der Waals surface area contributed by atoms with Crippen LogP contribution in [-0.4, -0.2) is 32.3 Å². The number of rotatable bonds is 0. The Morgan fingerprint density at radius 3 is 2.56 bits per heavy atom. The van der Waals surface area contributed by atoms with E-state index in [2.05, 4.69) is 5.32 Å². The van der Waals surface area contributed by atoms with Gasteiger partial charge in [0.1, 0.15) is 0 Å². The highest BCUT2D eigenvalue weighted by Gasteiger charge is 2.46. The first-order valence-corrected chi connectivity index (χ1v) is 3.38. The van der Waals surface area contributed by atoms with Crippen molar-refractivity contribution in [2.75, 3.05) is 26.3 Å². The molecule has 2 saturated heterocycles. The largest absolute Gasteiger partial charge is 0.379 e. The molecule has 0 radical (unpaired) electrons. The van der Waals surface area contributed by atoms with E-state index in [1.165, 1.54) is 0 Å². The van der Waals surface area contributed by atoms with Gasteiger partial charge in [0.15, 0.2) is 0 Å². The van der Waals surface area contributed by atoms with Crippen LogP contribution in [0.4, 0.5) is 0 Å². The zero-order valence-corrected chi connectivity index (χ0v) is 5.39. The fourth-order valence-corrected chi connectivity index (χ4v) is 1.48. The lowest BCUT2D eigenvalue weighted by molar-refractivity contribution is 0.108. The molecule has 0 saturated carbocycles. The van der Waals surface area contributed by atoms with Crippen molar-refractivity contribution in [3.63, 3.8) is 0 Å². The number of ether oxygens (including phenoxy) is 1. The molecule has 3 heteroatoms. The minimum Gasteiger partial charge on any atom is -0.379 e. The molecular formula is C6H12N2O. The molecule has 2 heterocycles. The van der Waals surface area contributed by atoms with Gasteiger partial charge in [0.2, 0.25) is 0 Å². The van der Waals surface area contributed by atoms with Crippen molar-refractivity contribution in [1.29, 1.82) is 0 Å². The van der Waals surface area contributed by atoms with E-state index in [4.69, 9.17) is 10.5 Å². The Kier molecular flexibility index (Phi) is 1.06. The molecule has 2 fully saturated rings. The van der Waals surface area contributed by atoms with Crippen LogP contribution in [0.3, 0.4) is 0 Å². The number of hydrogen-bond acceptors (Lipinski definition) is 3. The summed E-state index contributed by atoms with van der Waals surface area (Å²) in [5.41, 5.74) is 6.13. The molecule has 0 bridgehead atoms. The van der Waals surface area contributed by atoms with Gasteiger partial charge in [0.25, 0.3) is 0 Å². The quantitative estimate of drug-likeness (QED) is 0.437. The summed E-state index contributed by atoms with van der Waals surface area (Å²) in [6, 6.07) is 0.277. The van der Waals surface area contributed by atoms with Crippen LogP contribution in [0.15, 0.2) is 0 Å². The lowest BCUT2D eigenvalue weighted by Crippen LogP contribution is -2.62. The van der Waals surface area contributed by atoms with Crippen LogP contribution < -0.4 is 11.1 Å². The van der Waals surface area contributed by atoms with Crippen molar-refractivity contribution in [2.45, 2.75) is 6.04 Å². The van der Waals surface area contributed by atoms with E-state index in [1.54, 1.807) is 0 Å². The van der Waals surface area contributed by atoms with Gasteiger partial charge in [0.05, 0.1) is 13.2 Å². The van der Waals surface area contributed by atoms with E-state index in [9.17, 15) is 0 Å². The van der Waals surface area contributed by atoms with E-state index in [0.717, 1.165) is 26.3 Å². The lowest BCUT2D eigenvalue weighted by Gasteiger charge is -2.40. The van der Waals surface area contributed by atoms with Crippen molar-refractivity contribution in [1.82, 2.24) is 5.32 Å². The molecule has 0 aromatic carbocycles. The first-order chi connectivity index (χ1) is 4.33. The molecule has 2 aliphatic heterocycles. The molecule has 3 N–H and O–H groups in total. The van der Waals surface area contributed by atoms with Gasteiger partial charge in [-0.1, -0.05) is 0 Å². The molecular weight excluding hydrogens is 116 g/mol. The third kappa shape index (κ3) is 0.625. The van der Waals surface area contributed by atoms with Crippen LogP contribution in [0.2, 0.25) is 0 Å². The normalized spacial score (nSPS) is 39.0. The van der Waals surface area contributed by atoms with E-state index >= 15 is 0 Å². The lowest BCUT2D eigenvalue weighted by atomic mass is 9.78. The highest BCUT2D eigenvalue weighted by atomic mass is 16.5. The second kappa shape index (κ2) is 1.68.